The van der Waals surface area contributed by atoms with Gasteiger partial charge in [0.05, 0.1) is 28.3 Å². The lowest BCUT2D eigenvalue weighted by molar-refractivity contribution is 0.0956. The van der Waals surface area contributed by atoms with E-state index in [2.05, 4.69) is 15.0 Å². The molecule has 6 N–H and O–H groups in total. The second-order valence-corrected chi connectivity index (χ2v) is 10.8. The molecule has 0 saturated heterocycles. The van der Waals surface area contributed by atoms with Crippen molar-refractivity contribution in [2.24, 2.45) is 11.5 Å². The predicted octanol–water partition coefficient (Wildman–Crippen LogP) is 2.33. The number of nitrogens with zero attached hydrogens (tertiary/aromatic N) is 1. The lowest BCUT2D eigenvalue weighted by Crippen LogP contribution is -2.52. The number of ether oxygens (including phenoxy) is 1. The van der Waals surface area contributed by atoms with Gasteiger partial charge in [-0.05, 0) is 75.0 Å². The molecule has 9 nitrogen and oxygen atoms in total. The smallest absolute Gasteiger partial charge is 0.243 e. The third-order valence-corrected chi connectivity index (χ3v) is 8.43. The first-order valence-electron chi connectivity index (χ1n) is 10.9. The van der Waals surface area contributed by atoms with Gasteiger partial charge in [0.25, 0.3) is 0 Å². The topological polar surface area (TPSA) is 149 Å². The van der Waals surface area contributed by atoms with Crippen molar-refractivity contribution in [1.82, 2.24) is 15.0 Å². The van der Waals surface area contributed by atoms with Crippen LogP contribution in [-0.2, 0) is 10.0 Å². The highest BCUT2D eigenvalue weighted by Crippen LogP contribution is 2.30. The number of Topliss-reactive ketones (excluding diaryl/α,β-unsaturated/α-hetero) is 1. The molecule has 3 aromatic rings. The summed E-state index contributed by atoms with van der Waals surface area (Å²) >= 11 is 1.33. The second kappa shape index (κ2) is 10.9. The number of benzene rings is 2. The van der Waals surface area contributed by atoms with E-state index in [4.69, 9.17) is 16.2 Å². The minimum absolute atomic E-state index is 0.187. The number of nitrogens with one attached hydrogen (secondary N) is 2. The van der Waals surface area contributed by atoms with Crippen molar-refractivity contribution in [3.05, 3.63) is 52.0 Å². The number of hydrogen-bond acceptors (Lipinski definition) is 9. The highest BCUT2D eigenvalue weighted by Gasteiger charge is 2.25. The van der Waals surface area contributed by atoms with Gasteiger partial charge in [0, 0.05) is 0 Å². The fourth-order valence-electron chi connectivity index (χ4n) is 3.76. The Balaban J connectivity index is 1.52. The molecule has 0 fully saturated rings. The molecule has 1 aromatic heterocycles. The van der Waals surface area contributed by atoms with Crippen LogP contribution in [0.3, 0.4) is 0 Å². The summed E-state index contributed by atoms with van der Waals surface area (Å²) in [7, 11) is -2.32. The monoisotopic (exact) mass is 505 g/mol. The molecule has 11 heteroatoms. The first kappa shape index (κ1) is 26.2. The van der Waals surface area contributed by atoms with Crippen molar-refractivity contribution in [3.8, 4) is 5.75 Å². The zero-order chi connectivity index (χ0) is 25.0. The average Bonchev–Trinajstić information content (AvgIpc) is 3.22. The van der Waals surface area contributed by atoms with E-state index in [-0.39, 0.29) is 10.7 Å². The maximum absolute atomic E-state index is 13.0. The van der Waals surface area contributed by atoms with Crippen LogP contribution >= 0.6 is 11.3 Å². The molecule has 2 aromatic carbocycles. The molecule has 0 spiro atoms. The van der Waals surface area contributed by atoms with Crippen LogP contribution in [-0.4, -0.2) is 45.2 Å². The Hall–Kier alpha value is -2.41. The molecule has 0 aliphatic heterocycles. The summed E-state index contributed by atoms with van der Waals surface area (Å²) in [6.45, 7) is 5.64. The van der Waals surface area contributed by atoms with Gasteiger partial charge in [-0.2, -0.15) is 4.72 Å². The number of thiazole rings is 1. The Kier molecular flexibility index (Phi) is 8.39. The third-order valence-electron chi connectivity index (χ3n) is 5.65. The summed E-state index contributed by atoms with van der Waals surface area (Å²) in [5.74, 6) is 0.431. The Morgan fingerprint density at radius 1 is 1.18 bits per heavy atom. The van der Waals surface area contributed by atoms with Gasteiger partial charge in [-0.15, -0.1) is 11.3 Å². The number of rotatable bonds is 11. The Morgan fingerprint density at radius 2 is 1.88 bits per heavy atom. The van der Waals surface area contributed by atoms with Gasteiger partial charge in [-0.25, -0.2) is 13.4 Å². The number of sulfonamides is 1. The van der Waals surface area contributed by atoms with Crippen LogP contribution < -0.4 is 26.2 Å². The lowest BCUT2D eigenvalue weighted by Gasteiger charge is -2.20. The number of methoxy groups -OCH3 is 1. The molecule has 184 valence electrons. The fourth-order valence-corrected chi connectivity index (χ4v) is 6.30. The van der Waals surface area contributed by atoms with E-state index in [0.717, 1.165) is 15.8 Å². The van der Waals surface area contributed by atoms with E-state index in [1.165, 1.54) is 11.3 Å². The third kappa shape index (κ3) is 5.80. The van der Waals surface area contributed by atoms with Gasteiger partial charge < -0.3 is 16.2 Å². The lowest BCUT2D eigenvalue weighted by atomic mass is 10.1. The normalized spacial score (nSPS) is 13.7. The molecule has 0 aliphatic rings. The summed E-state index contributed by atoms with van der Waals surface area (Å²) in [5.41, 5.74) is 14.7. The van der Waals surface area contributed by atoms with E-state index in [0.29, 0.717) is 41.3 Å². The maximum atomic E-state index is 13.0. The van der Waals surface area contributed by atoms with E-state index >= 15 is 0 Å². The SMILES string of the molecule is COc1cc(C)c(S(=O)(=O)NC(N)NCCC[C@H](N)C(=O)c2nc3ccccc3s2)c(C)c1C. The second-order valence-electron chi connectivity index (χ2n) is 8.13. The van der Waals surface area contributed by atoms with Gasteiger partial charge in [0.1, 0.15) is 12.0 Å². The summed E-state index contributed by atoms with van der Waals surface area (Å²) in [5, 5.41) is 3.32. The zero-order valence-electron chi connectivity index (χ0n) is 19.7. The minimum Gasteiger partial charge on any atom is -0.496 e. The quantitative estimate of drug-likeness (QED) is 0.176. The number of para-hydroxylation sites is 1. The van der Waals surface area contributed by atoms with Crippen molar-refractivity contribution < 1.29 is 17.9 Å². The number of fused-ring (bicyclic) bond motifs is 1. The number of hydrogen-bond donors (Lipinski definition) is 4. The summed E-state index contributed by atoms with van der Waals surface area (Å²) < 4.78 is 34.6. The molecule has 0 amide bonds. The predicted molar refractivity (Wildman–Crippen MR) is 135 cm³/mol. The zero-order valence-corrected chi connectivity index (χ0v) is 21.3. The molecule has 3 rings (SSSR count). The van der Waals surface area contributed by atoms with Crippen LogP contribution in [0, 0.1) is 20.8 Å². The van der Waals surface area contributed by atoms with E-state index in [9.17, 15) is 13.2 Å². The average molecular weight is 506 g/mol. The van der Waals surface area contributed by atoms with Crippen molar-refractivity contribution in [2.75, 3.05) is 13.7 Å². The van der Waals surface area contributed by atoms with Crippen molar-refractivity contribution in [3.63, 3.8) is 0 Å². The molecular weight excluding hydrogens is 474 g/mol. The standard InChI is InChI=1S/C23H31N5O4S2/c1-13-12-18(32-4)14(2)15(3)21(13)34(30,31)28-23(25)26-11-7-8-16(24)20(29)22-27-17-9-5-6-10-19(17)33-22/h5-6,9-10,12,16,23,26,28H,7-8,11,24-25H2,1-4H3/t16-,23?/m0/s1. The van der Waals surface area contributed by atoms with E-state index in [1.54, 1.807) is 27.0 Å². The minimum atomic E-state index is -3.86. The molecule has 34 heavy (non-hydrogen) atoms. The highest BCUT2D eigenvalue weighted by molar-refractivity contribution is 7.89. The first-order valence-corrected chi connectivity index (χ1v) is 13.2. The number of carbonyl (C=O) groups excluding carboxylic acids is 1. The Morgan fingerprint density at radius 3 is 2.56 bits per heavy atom. The van der Waals surface area contributed by atoms with Crippen LogP contribution in [0.5, 0.6) is 5.75 Å². The van der Waals surface area contributed by atoms with Crippen LogP contribution in [0.4, 0.5) is 0 Å². The fraction of sp³-hybridized carbons (Fsp3) is 0.391. The van der Waals surface area contributed by atoms with Gasteiger partial charge in [-0.3, -0.25) is 10.1 Å². The number of nitrogens with two attached hydrogens (primary N) is 2. The maximum Gasteiger partial charge on any atom is 0.243 e. The summed E-state index contributed by atoms with van der Waals surface area (Å²) in [6.07, 6.45) is -0.0493. The van der Waals surface area contributed by atoms with Crippen LogP contribution in [0.25, 0.3) is 10.2 Å². The molecule has 0 radical (unpaired) electrons. The van der Waals surface area contributed by atoms with Crippen LogP contribution in [0.15, 0.2) is 35.2 Å². The van der Waals surface area contributed by atoms with Gasteiger partial charge >= 0.3 is 0 Å². The molecule has 1 unspecified atom stereocenters. The van der Waals surface area contributed by atoms with Crippen LogP contribution in [0.1, 0.15) is 39.3 Å². The number of carbonyl (C=O) groups is 1. The van der Waals surface area contributed by atoms with E-state index < -0.39 is 22.4 Å². The highest BCUT2D eigenvalue weighted by atomic mass is 32.2. The van der Waals surface area contributed by atoms with Crippen molar-refractivity contribution >= 4 is 37.4 Å². The molecular formula is C23H31N5O4S2. The first-order chi connectivity index (χ1) is 16.0. The van der Waals surface area contributed by atoms with Crippen molar-refractivity contribution in [2.45, 2.75) is 50.8 Å². The van der Waals surface area contributed by atoms with Crippen LogP contribution in [0.2, 0.25) is 0 Å². The van der Waals surface area contributed by atoms with Gasteiger partial charge in [0.2, 0.25) is 15.8 Å². The summed E-state index contributed by atoms with van der Waals surface area (Å²) in [6, 6.07) is 8.55. The molecule has 1 heterocycles. The number of aromatic nitrogens is 1. The number of ketones is 1. The molecule has 2 atom stereocenters. The largest absolute Gasteiger partial charge is 0.496 e. The number of aryl methyl sites for hydroxylation is 1. The Labute approximate surface area is 203 Å². The van der Waals surface area contributed by atoms with Gasteiger partial charge in [0.15, 0.2) is 5.01 Å². The summed E-state index contributed by atoms with van der Waals surface area (Å²) in [4.78, 5) is 17.1. The molecule has 0 aliphatic carbocycles. The Bertz CT molecular complexity index is 1260. The molecule has 0 saturated carbocycles. The van der Waals surface area contributed by atoms with Gasteiger partial charge in [-0.1, -0.05) is 12.1 Å². The molecule has 0 bridgehead atoms. The van der Waals surface area contributed by atoms with E-state index in [1.807, 2.05) is 31.2 Å². The van der Waals surface area contributed by atoms with Crippen molar-refractivity contribution in [1.29, 1.82) is 0 Å².